The number of hydrogen-bond donors (Lipinski definition) is 1. The van der Waals surface area contributed by atoms with Crippen molar-refractivity contribution in [2.75, 3.05) is 13.1 Å². The Labute approximate surface area is 120 Å². The maximum atomic E-state index is 12.3. The minimum atomic E-state index is -0.0513. The van der Waals surface area contributed by atoms with E-state index in [4.69, 9.17) is 0 Å². The number of hydrogen-bond acceptors (Lipinski definition) is 3. The summed E-state index contributed by atoms with van der Waals surface area (Å²) in [5.41, 5.74) is 0.576. The van der Waals surface area contributed by atoms with Gasteiger partial charge in [-0.2, -0.15) is 0 Å². The smallest absolute Gasteiger partial charge is 0.255 e. The van der Waals surface area contributed by atoms with Crippen LogP contribution in [0.2, 0.25) is 0 Å². The zero-order valence-corrected chi connectivity index (χ0v) is 12.3. The molecule has 1 aromatic rings. The highest BCUT2D eigenvalue weighted by Crippen LogP contribution is 2.14. The van der Waals surface area contributed by atoms with Gasteiger partial charge in [0.2, 0.25) is 5.91 Å². The molecule has 102 valence electrons. The van der Waals surface area contributed by atoms with Crippen LogP contribution in [-0.4, -0.2) is 40.8 Å². The lowest BCUT2D eigenvalue weighted by molar-refractivity contribution is -0.120. The van der Waals surface area contributed by atoms with E-state index in [1.54, 1.807) is 23.2 Å². The lowest BCUT2D eigenvalue weighted by atomic mass is 10.0. The highest BCUT2D eigenvalue weighted by Gasteiger charge is 2.24. The van der Waals surface area contributed by atoms with Gasteiger partial charge >= 0.3 is 0 Å². The Hall–Kier alpha value is -1.43. The van der Waals surface area contributed by atoms with Gasteiger partial charge in [-0.15, -0.1) is 0 Å². The Morgan fingerprint density at radius 3 is 2.89 bits per heavy atom. The molecule has 0 spiro atoms. The van der Waals surface area contributed by atoms with E-state index < -0.39 is 0 Å². The van der Waals surface area contributed by atoms with Gasteiger partial charge in [-0.05, 0) is 40.9 Å². The molecule has 1 aromatic heterocycles. The van der Waals surface area contributed by atoms with Crippen LogP contribution in [0.4, 0.5) is 0 Å². The average Bonchev–Trinajstić information content (AvgIpc) is 2.38. The van der Waals surface area contributed by atoms with Crippen LogP contribution in [0.15, 0.2) is 22.9 Å². The summed E-state index contributed by atoms with van der Waals surface area (Å²) in [7, 11) is 0. The Morgan fingerprint density at radius 1 is 1.47 bits per heavy atom. The molecule has 0 aromatic carbocycles. The number of nitrogens with one attached hydrogen (secondary N) is 1. The number of amides is 2. The van der Waals surface area contributed by atoms with E-state index in [-0.39, 0.29) is 17.9 Å². The van der Waals surface area contributed by atoms with Gasteiger partial charge in [0.25, 0.3) is 5.91 Å². The first-order valence-corrected chi connectivity index (χ1v) is 7.03. The molecule has 6 heteroatoms. The van der Waals surface area contributed by atoms with Crippen molar-refractivity contribution in [2.45, 2.75) is 25.8 Å². The molecule has 1 fully saturated rings. The fourth-order valence-corrected chi connectivity index (χ4v) is 2.49. The molecule has 1 aliphatic heterocycles. The van der Waals surface area contributed by atoms with Gasteiger partial charge in [-0.25, -0.2) is 4.98 Å². The van der Waals surface area contributed by atoms with Crippen LogP contribution in [0.1, 0.15) is 30.1 Å². The summed E-state index contributed by atoms with van der Waals surface area (Å²) >= 11 is 3.24. The standard InChI is InChI=1S/C13H16BrN3O2/c1-9(18)16-11-3-2-6-17(8-11)13(19)10-4-5-12(14)15-7-10/h4-5,7,11H,2-3,6,8H2,1H3,(H,16,18). The highest BCUT2D eigenvalue weighted by molar-refractivity contribution is 9.10. The van der Waals surface area contributed by atoms with Crippen LogP contribution in [0.3, 0.4) is 0 Å². The van der Waals surface area contributed by atoms with Gasteiger partial charge in [0.15, 0.2) is 0 Å². The van der Waals surface area contributed by atoms with E-state index in [1.807, 2.05) is 0 Å². The first-order chi connectivity index (χ1) is 9.06. The maximum Gasteiger partial charge on any atom is 0.255 e. The topological polar surface area (TPSA) is 62.3 Å². The minimum absolute atomic E-state index is 0.0324. The summed E-state index contributed by atoms with van der Waals surface area (Å²) in [5, 5.41) is 2.87. The molecule has 2 rings (SSSR count). The average molecular weight is 326 g/mol. The zero-order chi connectivity index (χ0) is 13.8. The summed E-state index contributed by atoms with van der Waals surface area (Å²) in [6, 6.07) is 3.56. The second-order valence-electron chi connectivity index (χ2n) is 4.66. The Balaban J connectivity index is 2.02. The van der Waals surface area contributed by atoms with Crippen LogP contribution in [0.25, 0.3) is 0 Å². The van der Waals surface area contributed by atoms with Crippen molar-refractivity contribution in [1.29, 1.82) is 0 Å². The second-order valence-corrected chi connectivity index (χ2v) is 5.47. The van der Waals surface area contributed by atoms with Crippen molar-refractivity contribution < 1.29 is 9.59 Å². The van der Waals surface area contributed by atoms with Crippen LogP contribution >= 0.6 is 15.9 Å². The van der Waals surface area contributed by atoms with E-state index >= 15 is 0 Å². The van der Waals surface area contributed by atoms with Gasteiger partial charge in [0.05, 0.1) is 5.56 Å². The third-order valence-corrected chi connectivity index (χ3v) is 3.56. The first kappa shape index (κ1) is 14.0. The number of nitrogens with zero attached hydrogens (tertiary/aromatic N) is 2. The Bertz CT molecular complexity index is 475. The molecule has 0 bridgehead atoms. The molecule has 1 N–H and O–H groups in total. The van der Waals surface area contributed by atoms with Crippen LogP contribution in [-0.2, 0) is 4.79 Å². The lowest BCUT2D eigenvalue weighted by Gasteiger charge is -2.33. The lowest BCUT2D eigenvalue weighted by Crippen LogP contribution is -2.49. The molecule has 1 saturated heterocycles. The fraction of sp³-hybridized carbons (Fsp3) is 0.462. The van der Waals surface area contributed by atoms with Gasteiger partial charge in [0, 0.05) is 32.3 Å². The number of piperidine rings is 1. The van der Waals surface area contributed by atoms with Gasteiger partial charge < -0.3 is 10.2 Å². The zero-order valence-electron chi connectivity index (χ0n) is 10.7. The van der Waals surface area contributed by atoms with Crippen LogP contribution in [0.5, 0.6) is 0 Å². The molecule has 2 amide bonds. The predicted molar refractivity (Wildman–Crippen MR) is 74.7 cm³/mol. The van der Waals surface area contributed by atoms with Gasteiger partial charge in [-0.3, -0.25) is 9.59 Å². The molecule has 1 atom stereocenters. The molecular weight excluding hydrogens is 310 g/mol. The molecule has 5 nitrogen and oxygen atoms in total. The van der Waals surface area contributed by atoms with Crippen LogP contribution in [0, 0.1) is 0 Å². The fourth-order valence-electron chi connectivity index (χ4n) is 2.25. The summed E-state index contributed by atoms with van der Waals surface area (Å²) in [6.07, 6.45) is 3.39. The summed E-state index contributed by atoms with van der Waals surface area (Å²) in [5.74, 6) is -0.0836. The largest absolute Gasteiger partial charge is 0.352 e. The molecule has 2 heterocycles. The molecule has 1 aliphatic rings. The monoisotopic (exact) mass is 325 g/mol. The van der Waals surface area contributed by atoms with Crippen molar-refractivity contribution in [1.82, 2.24) is 15.2 Å². The van der Waals surface area contributed by atoms with Crippen molar-refractivity contribution >= 4 is 27.7 Å². The number of halogens is 1. The summed E-state index contributed by atoms with van der Waals surface area (Å²) in [6.45, 7) is 2.79. The molecule has 0 radical (unpaired) electrons. The number of carbonyl (C=O) groups is 2. The van der Waals surface area contributed by atoms with E-state index in [9.17, 15) is 9.59 Å². The van der Waals surface area contributed by atoms with Crippen molar-refractivity contribution in [2.24, 2.45) is 0 Å². The SMILES string of the molecule is CC(=O)NC1CCCN(C(=O)c2ccc(Br)nc2)C1. The third-order valence-electron chi connectivity index (χ3n) is 3.09. The normalized spacial score (nSPS) is 19.1. The molecule has 19 heavy (non-hydrogen) atoms. The number of rotatable bonds is 2. The van der Waals surface area contributed by atoms with E-state index in [0.717, 1.165) is 19.4 Å². The number of aromatic nitrogens is 1. The number of pyridine rings is 1. The summed E-state index contributed by atoms with van der Waals surface area (Å²) < 4.78 is 0.707. The van der Waals surface area contributed by atoms with E-state index in [2.05, 4.69) is 26.2 Å². The quantitative estimate of drug-likeness (QED) is 0.840. The first-order valence-electron chi connectivity index (χ1n) is 6.24. The second kappa shape index (κ2) is 6.14. The predicted octanol–water partition coefficient (Wildman–Crippen LogP) is 1.58. The Morgan fingerprint density at radius 2 is 2.26 bits per heavy atom. The molecule has 0 aliphatic carbocycles. The van der Waals surface area contributed by atoms with Crippen molar-refractivity contribution in [3.8, 4) is 0 Å². The minimum Gasteiger partial charge on any atom is -0.352 e. The van der Waals surface area contributed by atoms with Crippen molar-refractivity contribution in [3.63, 3.8) is 0 Å². The number of carbonyl (C=O) groups excluding carboxylic acids is 2. The van der Waals surface area contributed by atoms with Gasteiger partial charge in [-0.1, -0.05) is 0 Å². The third kappa shape index (κ3) is 3.76. The van der Waals surface area contributed by atoms with E-state index in [0.29, 0.717) is 16.7 Å². The maximum absolute atomic E-state index is 12.3. The number of likely N-dealkylation sites (tertiary alicyclic amines) is 1. The van der Waals surface area contributed by atoms with Gasteiger partial charge in [0.1, 0.15) is 4.60 Å². The van der Waals surface area contributed by atoms with E-state index in [1.165, 1.54) is 6.92 Å². The molecule has 1 unspecified atom stereocenters. The Kier molecular flexibility index (Phi) is 4.52. The summed E-state index contributed by atoms with van der Waals surface area (Å²) in [4.78, 5) is 29.2. The van der Waals surface area contributed by atoms with Crippen LogP contribution < -0.4 is 5.32 Å². The molecule has 0 saturated carbocycles. The molecular formula is C13H16BrN3O2. The highest BCUT2D eigenvalue weighted by atomic mass is 79.9. The van der Waals surface area contributed by atoms with Crippen molar-refractivity contribution in [3.05, 3.63) is 28.5 Å².